The summed E-state index contributed by atoms with van der Waals surface area (Å²) in [4.78, 5) is 0. The second kappa shape index (κ2) is 3.47. The molecule has 1 atom stereocenters. The van der Waals surface area contributed by atoms with E-state index in [1.165, 1.54) is 0 Å². The number of hydrogen-bond acceptors (Lipinski definition) is 3. The van der Waals surface area contributed by atoms with Gasteiger partial charge in [0, 0.05) is 37.0 Å². The maximum Gasteiger partial charge on any atom is 0.0698 e. The van der Waals surface area contributed by atoms with Gasteiger partial charge in [0.05, 0.1) is 6.10 Å². The van der Waals surface area contributed by atoms with E-state index in [0.717, 1.165) is 39.0 Å². The summed E-state index contributed by atoms with van der Waals surface area (Å²) in [6.45, 7) is 8.18. The first-order chi connectivity index (χ1) is 6.63. The molecule has 0 aromatic carbocycles. The largest absolute Gasteiger partial charge is 0.392 e. The molecule has 0 radical (unpaired) electrons. The predicted octanol–water partition coefficient (Wildman–Crippen LogP) is 0.346. The lowest BCUT2D eigenvalue weighted by molar-refractivity contribution is -0.114. The number of aliphatic hydroxyl groups is 1. The number of fused-ring (bicyclic) bond motifs is 2. The molecule has 14 heavy (non-hydrogen) atoms. The van der Waals surface area contributed by atoms with Crippen molar-refractivity contribution in [3.63, 3.8) is 0 Å². The van der Waals surface area contributed by atoms with Crippen molar-refractivity contribution in [2.45, 2.75) is 32.8 Å². The maximum absolute atomic E-state index is 10.4. The van der Waals surface area contributed by atoms with Crippen LogP contribution in [0.25, 0.3) is 0 Å². The van der Waals surface area contributed by atoms with Crippen molar-refractivity contribution in [3.05, 3.63) is 0 Å². The number of hydrogen-bond donors (Lipinski definition) is 3. The van der Waals surface area contributed by atoms with E-state index in [0.29, 0.717) is 0 Å². The van der Waals surface area contributed by atoms with Crippen molar-refractivity contribution in [2.24, 2.45) is 10.8 Å². The molecule has 2 aliphatic heterocycles. The van der Waals surface area contributed by atoms with Gasteiger partial charge in [-0.25, -0.2) is 0 Å². The van der Waals surface area contributed by atoms with Crippen LogP contribution < -0.4 is 10.6 Å². The highest BCUT2D eigenvalue weighted by Crippen LogP contribution is 2.42. The number of piperidine rings is 2. The molecule has 0 spiro atoms. The molecule has 3 nitrogen and oxygen atoms in total. The van der Waals surface area contributed by atoms with E-state index in [1.54, 1.807) is 0 Å². The Bertz CT molecular complexity index is 202. The van der Waals surface area contributed by atoms with Gasteiger partial charge in [-0.15, -0.1) is 0 Å². The summed E-state index contributed by atoms with van der Waals surface area (Å²) < 4.78 is 0. The van der Waals surface area contributed by atoms with E-state index in [4.69, 9.17) is 0 Å². The number of nitrogens with one attached hydrogen (secondary N) is 2. The smallest absolute Gasteiger partial charge is 0.0698 e. The van der Waals surface area contributed by atoms with Crippen molar-refractivity contribution in [1.29, 1.82) is 0 Å². The van der Waals surface area contributed by atoms with Gasteiger partial charge in [-0.05, 0) is 6.42 Å². The zero-order valence-electron chi connectivity index (χ0n) is 9.27. The average Bonchev–Trinajstić information content (AvgIpc) is 2.11. The van der Waals surface area contributed by atoms with Gasteiger partial charge in [-0.3, -0.25) is 0 Å². The molecule has 2 saturated heterocycles. The quantitative estimate of drug-likeness (QED) is 0.600. The Morgan fingerprint density at radius 3 is 2.29 bits per heavy atom. The Balaban J connectivity index is 2.22. The molecule has 2 rings (SSSR count). The van der Waals surface area contributed by atoms with E-state index >= 15 is 0 Å². The highest BCUT2D eigenvalue weighted by Gasteiger charge is 2.52. The van der Waals surface area contributed by atoms with Crippen molar-refractivity contribution in [3.8, 4) is 0 Å². The zero-order chi connectivity index (χ0) is 10.2. The fraction of sp³-hybridized carbons (Fsp3) is 1.00. The third-order valence-corrected chi connectivity index (χ3v) is 4.00. The molecule has 0 aromatic heterocycles. The van der Waals surface area contributed by atoms with E-state index < -0.39 is 0 Å². The zero-order valence-corrected chi connectivity index (χ0v) is 9.27. The van der Waals surface area contributed by atoms with Gasteiger partial charge in [0.15, 0.2) is 0 Å². The van der Waals surface area contributed by atoms with Gasteiger partial charge in [0.1, 0.15) is 0 Å². The third kappa shape index (κ3) is 1.38. The van der Waals surface area contributed by atoms with Crippen LogP contribution in [0.5, 0.6) is 0 Å². The van der Waals surface area contributed by atoms with Gasteiger partial charge in [-0.1, -0.05) is 20.3 Å². The normalized spacial score (nSPS) is 47.8. The number of aliphatic hydroxyl groups excluding tert-OH is 1. The van der Waals surface area contributed by atoms with Gasteiger partial charge in [0.2, 0.25) is 0 Å². The van der Waals surface area contributed by atoms with Crippen molar-refractivity contribution < 1.29 is 5.11 Å². The predicted molar refractivity (Wildman–Crippen MR) is 57.2 cm³/mol. The number of rotatable bonds is 2. The fourth-order valence-corrected chi connectivity index (χ4v) is 3.26. The molecule has 2 heterocycles. The average molecular weight is 198 g/mol. The summed E-state index contributed by atoms with van der Waals surface area (Å²) >= 11 is 0. The second-order valence-corrected chi connectivity index (χ2v) is 5.38. The lowest BCUT2D eigenvalue weighted by Crippen LogP contribution is -2.69. The van der Waals surface area contributed by atoms with E-state index in [9.17, 15) is 5.11 Å². The molecule has 2 fully saturated rings. The van der Waals surface area contributed by atoms with Gasteiger partial charge >= 0.3 is 0 Å². The topological polar surface area (TPSA) is 44.3 Å². The molecule has 2 bridgehead atoms. The van der Waals surface area contributed by atoms with Crippen LogP contribution >= 0.6 is 0 Å². The minimum atomic E-state index is -0.141. The Morgan fingerprint density at radius 2 is 1.79 bits per heavy atom. The monoisotopic (exact) mass is 198 g/mol. The highest BCUT2D eigenvalue weighted by atomic mass is 16.3. The van der Waals surface area contributed by atoms with E-state index in [2.05, 4.69) is 24.5 Å². The molecule has 0 aromatic rings. The van der Waals surface area contributed by atoms with Crippen LogP contribution in [0.2, 0.25) is 0 Å². The molecular formula is C11H22N2O. The van der Waals surface area contributed by atoms with Crippen LogP contribution in [0.15, 0.2) is 0 Å². The van der Waals surface area contributed by atoms with Crippen LogP contribution in [0, 0.1) is 10.8 Å². The Kier molecular flexibility index (Phi) is 2.58. The van der Waals surface area contributed by atoms with Crippen LogP contribution in [0.1, 0.15) is 26.7 Å². The molecule has 0 saturated carbocycles. The van der Waals surface area contributed by atoms with Crippen LogP contribution in [0.3, 0.4) is 0 Å². The SMILES string of the molecule is CCCC12CNCC(C)(CNC1)[C@@H]2O. The summed E-state index contributed by atoms with van der Waals surface area (Å²) in [7, 11) is 0. The second-order valence-electron chi connectivity index (χ2n) is 5.38. The molecule has 0 aliphatic carbocycles. The summed E-state index contributed by atoms with van der Waals surface area (Å²) in [5.41, 5.74) is 0.117. The first-order valence-electron chi connectivity index (χ1n) is 5.72. The summed E-state index contributed by atoms with van der Waals surface area (Å²) in [5.74, 6) is 0. The lowest BCUT2D eigenvalue weighted by atomic mass is 9.62. The molecule has 0 unspecified atom stereocenters. The fourth-order valence-electron chi connectivity index (χ4n) is 3.26. The Labute approximate surface area is 86.3 Å². The molecule has 2 aliphatic rings. The molecule has 0 amide bonds. The Hall–Kier alpha value is -0.120. The summed E-state index contributed by atoms with van der Waals surface area (Å²) in [6, 6.07) is 0. The summed E-state index contributed by atoms with van der Waals surface area (Å²) in [5, 5.41) is 17.4. The van der Waals surface area contributed by atoms with Crippen LogP contribution in [-0.4, -0.2) is 37.4 Å². The lowest BCUT2D eigenvalue weighted by Gasteiger charge is -2.55. The first-order valence-corrected chi connectivity index (χ1v) is 5.72. The van der Waals surface area contributed by atoms with Crippen molar-refractivity contribution in [1.82, 2.24) is 10.6 Å². The maximum atomic E-state index is 10.4. The van der Waals surface area contributed by atoms with Crippen LogP contribution in [0.4, 0.5) is 0 Å². The van der Waals surface area contributed by atoms with Crippen molar-refractivity contribution >= 4 is 0 Å². The molecule has 3 N–H and O–H groups in total. The molecule has 82 valence electrons. The van der Waals surface area contributed by atoms with E-state index in [-0.39, 0.29) is 16.9 Å². The first kappa shape index (κ1) is 10.4. The highest BCUT2D eigenvalue weighted by molar-refractivity contribution is 5.07. The third-order valence-electron chi connectivity index (χ3n) is 4.00. The van der Waals surface area contributed by atoms with Gasteiger partial charge in [-0.2, -0.15) is 0 Å². The standard InChI is InChI=1S/C11H22N2O/c1-3-4-11-7-12-5-10(2,9(11)14)6-13-8-11/h9,12-14H,3-8H2,1-2H3/t9-,10?,11?/m0/s1. The van der Waals surface area contributed by atoms with E-state index in [1.807, 2.05) is 0 Å². The Morgan fingerprint density at radius 1 is 1.21 bits per heavy atom. The molecule has 3 heteroatoms. The minimum Gasteiger partial charge on any atom is -0.392 e. The molecular weight excluding hydrogens is 176 g/mol. The minimum absolute atomic E-state index is 0.0334. The van der Waals surface area contributed by atoms with Crippen molar-refractivity contribution in [2.75, 3.05) is 26.2 Å². The van der Waals surface area contributed by atoms with Gasteiger partial charge in [0.25, 0.3) is 0 Å². The summed E-state index contributed by atoms with van der Waals surface area (Å²) in [6.07, 6.45) is 2.12. The van der Waals surface area contributed by atoms with Crippen LogP contribution in [-0.2, 0) is 0 Å². The van der Waals surface area contributed by atoms with Gasteiger partial charge < -0.3 is 15.7 Å².